The Hall–Kier alpha value is -0.540. The molecule has 1 saturated carbocycles. The number of halogens is 1. The van der Waals surface area contributed by atoms with E-state index in [-0.39, 0.29) is 11.5 Å². The Kier molecular flexibility index (Phi) is 6.34. The van der Waals surface area contributed by atoms with Crippen LogP contribution in [0.25, 0.3) is 0 Å². The summed E-state index contributed by atoms with van der Waals surface area (Å²) >= 11 is 3.48. The standard InChI is InChI=1S/C19H29BrO2/c1-19(2,10-3-4-11-20)15-8-9-17(18(22)13-15)14-6-5-7-16(21)12-14/h8-9,13-14,16,21-22H,3-7,10-12H2,1-2H3. The summed E-state index contributed by atoms with van der Waals surface area (Å²) in [7, 11) is 0. The molecule has 124 valence electrons. The molecule has 0 radical (unpaired) electrons. The lowest BCUT2D eigenvalue weighted by molar-refractivity contribution is 0.119. The first kappa shape index (κ1) is 17.8. The maximum absolute atomic E-state index is 10.5. The van der Waals surface area contributed by atoms with Crippen molar-refractivity contribution in [2.75, 3.05) is 5.33 Å². The van der Waals surface area contributed by atoms with Gasteiger partial charge in [0.05, 0.1) is 6.10 Å². The van der Waals surface area contributed by atoms with E-state index in [1.165, 1.54) is 18.4 Å². The number of hydrogen-bond acceptors (Lipinski definition) is 2. The highest BCUT2D eigenvalue weighted by atomic mass is 79.9. The summed E-state index contributed by atoms with van der Waals surface area (Å²) in [5.74, 6) is 0.708. The molecule has 0 heterocycles. The van der Waals surface area contributed by atoms with E-state index in [1.807, 2.05) is 6.07 Å². The third-order valence-electron chi connectivity index (χ3n) is 5.08. The Bertz CT molecular complexity index is 484. The first-order chi connectivity index (χ1) is 10.4. The molecule has 0 saturated heterocycles. The lowest BCUT2D eigenvalue weighted by atomic mass is 9.77. The Morgan fingerprint density at radius 1 is 1.23 bits per heavy atom. The van der Waals surface area contributed by atoms with Gasteiger partial charge in [-0.3, -0.25) is 0 Å². The SMILES string of the molecule is CC(C)(CCCCBr)c1ccc(C2CCCC(O)C2)c(O)c1. The lowest BCUT2D eigenvalue weighted by Crippen LogP contribution is -2.19. The van der Waals surface area contributed by atoms with E-state index in [1.54, 1.807) is 0 Å². The Morgan fingerprint density at radius 3 is 2.64 bits per heavy atom. The summed E-state index contributed by atoms with van der Waals surface area (Å²) < 4.78 is 0. The van der Waals surface area contributed by atoms with Gasteiger partial charge in [-0.25, -0.2) is 0 Å². The van der Waals surface area contributed by atoms with E-state index in [4.69, 9.17) is 0 Å². The summed E-state index contributed by atoms with van der Waals surface area (Å²) in [5, 5.41) is 21.4. The van der Waals surface area contributed by atoms with Crippen molar-refractivity contribution in [1.29, 1.82) is 0 Å². The van der Waals surface area contributed by atoms with Crippen molar-refractivity contribution >= 4 is 15.9 Å². The molecule has 0 aliphatic heterocycles. The zero-order chi connectivity index (χ0) is 16.2. The first-order valence-electron chi connectivity index (χ1n) is 8.51. The predicted molar refractivity (Wildman–Crippen MR) is 96.0 cm³/mol. The van der Waals surface area contributed by atoms with Crippen molar-refractivity contribution in [3.8, 4) is 5.75 Å². The number of unbranched alkanes of at least 4 members (excludes halogenated alkanes) is 1. The number of rotatable bonds is 6. The third-order valence-corrected chi connectivity index (χ3v) is 5.64. The van der Waals surface area contributed by atoms with Crippen molar-refractivity contribution in [3.63, 3.8) is 0 Å². The number of aliphatic hydroxyl groups excluding tert-OH is 1. The van der Waals surface area contributed by atoms with Crippen molar-refractivity contribution in [2.45, 2.75) is 76.2 Å². The molecular formula is C19H29BrO2. The summed E-state index contributed by atoms with van der Waals surface area (Å²) in [5.41, 5.74) is 2.31. The number of benzene rings is 1. The molecule has 2 N–H and O–H groups in total. The van der Waals surface area contributed by atoms with Crippen LogP contribution in [0.15, 0.2) is 18.2 Å². The zero-order valence-corrected chi connectivity index (χ0v) is 15.4. The van der Waals surface area contributed by atoms with Gasteiger partial charge in [0.15, 0.2) is 0 Å². The number of alkyl halides is 1. The maximum atomic E-state index is 10.5. The highest BCUT2D eigenvalue weighted by Gasteiger charge is 2.26. The second kappa shape index (κ2) is 7.83. The number of aliphatic hydroxyl groups is 1. The summed E-state index contributed by atoms with van der Waals surface area (Å²) in [6.07, 6.45) is 7.09. The Morgan fingerprint density at radius 2 is 2.00 bits per heavy atom. The molecule has 3 heteroatoms. The van der Waals surface area contributed by atoms with Gasteiger partial charge in [0.25, 0.3) is 0 Å². The largest absolute Gasteiger partial charge is 0.508 e. The predicted octanol–water partition coefficient (Wildman–Crippen LogP) is 5.25. The van der Waals surface area contributed by atoms with Crippen LogP contribution in [0.3, 0.4) is 0 Å². The van der Waals surface area contributed by atoms with Crippen LogP contribution in [0.5, 0.6) is 5.75 Å². The third kappa shape index (κ3) is 4.48. The fraction of sp³-hybridized carbons (Fsp3) is 0.684. The molecule has 1 fully saturated rings. The maximum Gasteiger partial charge on any atom is 0.119 e. The van der Waals surface area contributed by atoms with E-state index in [0.29, 0.717) is 11.7 Å². The van der Waals surface area contributed by atoms with E-state index >= 15 is 0 Å². The highest BCUT2D eigenvalue weighted by Crippen LogP contribution is 2.39. The van der Waals surface area contributed by atoms with Gasteiger partial charge in [-0.1, -0.05) is 54.8 Å². The monoisotopic (exact) mass is 368 g/mol. The van der Waals surface area contributed by atoms with Gasteiger partial charge in [-0.05, 0) is 60.6 Å². The molecule has 1 aliphatic rings. The average Bonchev–Trinajstić information content (AvgIpc) is 2.47. The number of aromatic hydroxyl groups is 1. The number of hydrogen-bond donors (Lipinski definition) is 2. The lowest BCUT2D eigenvalue weighted by Gasteiger charge is -2.29. The van der Waals surface area contributed by atoms with Crippen molar-refractivity contribution < 1.29 is 10.2 Å². The molecule has 2 nitrogen and oxygen atoms in total. The van der Waals surface area contributed by atoms with Crippen molar-refractivity contribution in [2.24, 2.45) is 0 Å². The topological polar surface area (TPSA) is 40.5 Å². The highest BCUT2D eigenvalue weighted by molar-refractivity contribution is 9.09. The molecule has 0 amide bonds. The fourth-order valence-electron chi connectivity index (χ4n) is 3.56. The van der Waals surface area contributed by atoms with Gasteiger partial charge in [0.2, 0.25) is 0 Å². The van der Waals surface area contributed by atoms with Crippen LogP contribution >= 0.6 is 15.9 Å². The molecule has 0 aromatic heterocycles. The van der Waals surface area contributed by atoms with E-state index in [9.17, 15) is 10.2 Å². The zero-order valence-electron chi connectivity index (χ0n) is 13.8. The molecular weight excluding hydrogens is 340 g/mol. The minimum atomic E-state index is -0.210. The van der Waals surface area contributed by atoms with Crippen LogP contribution in [0.1, 0.15) is 75.8 Å². The van der Waals surface area contributed by atoms with E-state index in [2.05, 4.69) is 41.9 Å². The minimum absolute atomic E-state index is 0.0876. The minimum Gasteiger partial charge on any atom is -0.508 e. The molecule has 2 rings (SSSR count). The van der Waals surface area contributed by atoms with Crippen molar-refractivity contribution in [1.82, 2.24) is 0 Å². The van der Waals surface area contributed by atoms with E-state index in [0.717, 1.165) is 43.0 Å². The van der Waals surface area contributed by atoms with E-state index < -0.39 is 0 Å². The molecule has 0 spiro atoms. The normalized spacial score (nSPS) is 22.7. The molecule has 2 unspecified atom stereocenters. The van der Waals surface area contributed by atoms with Gasteiger partial charge in [0, 0.05) is 5.33 Å². The average molecular weight is 369 g/mol. The summed E-state index contributed by atoms with van der Waals surface area (Å²) in [6.45, 7) is 4.50. The molecule has 1 aromatic rings. The molecule has 22 heavy (non-hydrogen) atoms. The summed E-state index contributed by atoms with van der Waals surface area (Å²) in [6, 6.07) is 6.20. The second-order valence-corrected chi connectivity index (χ2v) is 8.11. The van der Waals surface area contributed by atoms with Gasteiger partial charge < -0.3 is 10.2 Å². The van der Waals surface area contributed by atoms with Crippen LogP contribution in [-0.2, 0) is 5.41 Å². The van der Waals surface area contributed by atoms with Crippen LogP contribution in [-0.4, -0.2) is 21.6 Å². The van der Waals surface area contributed by atoms with Crippen LogP contribution < -0.4 is 0 Å². The Labute approximate surface area is 143 Å². The molecule has 1 aliphatic carbocycles. The number of phenols is 1. The van der Waals surface area contributed by atoms with Gasteiger partial charge in [-0.2, -0.15) is 0 Å². The molecule has 2 atom stereocenters. The van der Waals surface area contributed by atoms with Gasteiger partial charge in [0.1, 0.15) is 5.75 Å². The fourth-order valence-corrected chi connectivity index (χ4v) is 3.96. The number of phenolic OH excluding ortho intramolecular Hbond substituents is 1. The molecule has 1 aromatic carbocycles. The summed E-state index contributed by atoms with van der Waals surface area (Å²) in [4.78, 5) is 0. The smallest absolute Gasteiger partial charge is 0.119 e. The van der Waals surface area contributed by atoms with Gasteiger partial charge in [-0.15, -0.1) is 0 Å². The van der Waals surface area contributed by atoms with Crippen molar-refractivity contribution in [3.05, 3.63) is 29.3 Å². The Balaban J connectivity index is 2.11. The second-order valence-electron chi connectivity index (χ2n) is 7.32. The quantitative estimate of drug-likeness (QED) is 0.531. The van der Waals surface area contributed by atoms with Crippen LogP contribution in [0, 0.1) is 0 Å². The van der Waals surface area contributed by atoms with Crippen LogP contribution in [0.2, 0.25) is 0 Å². The van der Waals surface area contributed by atoms with Gasteiger partial charge >= 0.3 is 0 Å². The van der Waals surface area contributed by atoms with Crippen LogP contribution in [0.4, 0.5) is 0 Å². The molecule has 0 bridgehead atoms. The first-order valence-corrected chi connectivity index (χ1v) is 9.63.